The summed E-state index contributed by atoms with van der Waals surface area (Å²) in [5, 5.41) is 0. The molecule has 1 aromatic carbocycles. The van der Waals surface area contributed by atoms with Gasteiger partial charge in [0, 0.05) is 4.47 Å². The number of rotatable bonds is 0. The minimum atomic E-state index is 1.17. The summed E-state index contributed by atoms with van der Waals surface area (Å²) in [6.07, 6.45) is 4.67. The van der Waals surface area contributed by atoms with Gasteiger partial charge >= 0.3 is 0 Å². The predicted molar refractivity (Wildman–Crippen MR) is 56.1 cm³/mol. The molecule has 2 rings (SSSR count). The largest absolute Gasteiger partial charge is 0.0807 e. The number of allylic oxidation sites excluding steroid dienone is 2. The highest BCUT2D eigenvalue weighted by molar-refractivity contribution is 9.10. The van der Waals surface area contributed by atoms with Gasteiger partial charge in [0.05, 0.1) is 0 Å². The molecule has 0 heterocycles. The van der Waals surface area contributed by atoms with Gasteiger partial charge in [-0.2, -0.15) is 0 Å². The maximum Gasteiger partial charge on any atom is 0.0213 e. The first-order valence-electron chi connectivity index (χ1n) is 4.23. The molecule has 1 aliphatic rings. The zero-order valence-corrected chi connectivity index (χ0v) is 8.69. The van der Waals surface area contributed by atoms with Crippen molar-refractivity contribution in [1.82, 2.24) is 0 Å². The number of hydrogen-bond acceptors (Lipinski definition) is 0. The Morgan fingerprint density at radius 3 is 2.92 bits per heavy atom. The van der Waals surface area contributed by atoms with E-state index in [-0.39, 0.29) is 0 Å². The molecule has 0 atom stereocenters. The van der Waals surface area contributed by atoms with E-state index in [0.717, 1.165) is 0 Å². The highest BCUT2D eigenvalue weighted by Crippen LogP contribution is 2.30. The summed E-state index contributed by atoms with van der Waals surface area (Å²) in [6.45, 7) is 2.18. The second kappa shape index (κ2) is 3.06. The Balaban J connectivity index is 2.62. The summed E-state index contributed by atoms with van der Waals surface area (Å²) in [7, 11) is 0. The first kappa shape index (κ1) is 8.06. The van der Waals surface area contributed by atoms with E-state index in [2.05, 4.69) is 47.1 Å². The van der Waals surface area contributed by atoms with Crippen LogP contribution in [0.1, 0.15) is 24.5 Å². The third-order valence-electron chi connectivity index (χ3n) is 2.39. The minimum Gasteiger partial charge on any atom is -0.0807 e. The number of fused-ring (bicyclic) bond motifs is 1. The summed E-state index contributed by atoms with van der Waals surface area (Å²) in [4.78, 5) is 0. The van der Waals surface area contributed by atoms with E-state index >= 15 is 0 Å². The van der Waals surface area contributed by atoms with Crippen LogP contribution in [0.2, 0.25) is 0 Å². The average Bonchev–Trinajstić information content (AvgIpc) is 2.07. The average molecular weight is 223 g/mol. The van der Waals surface area contributed by atoms with E-state index in [4.69, 9.17) is 0 Å². The summed E-state index contributed by atoms with van der Waals surface area (Å²) >= 11 is 3.58. The lowest BCUT2D eigenvalue weighted by Gasteiger charge is -2.15. The van der Waals surface area contributed by atoms with Crippen LogP contribution in [-0.2, 0) is 6.42 Å². The van der Waals surface area contributed by atoms with Crippen LogP contribution in [-0.4, -0.2) is 0 Å². The monoisotopic (exact) mass is 222 g/mol. The quantitative estimate of drug-likeness (QED) is 0.627. The Morgan fingerprint density at radius 1 is 1.33 bits per heavy atom. The van der Waals surface area contributed by atoms with Crippen molar-refractivity contribution >= 4 is 21.5 Å². The van der Waals surface area contributed by atoms with E-state index in [0.29, 0.717) is 0 Å². The molecule has 1 heteroatoms. The van der Waals surface area contributed by atoms with Crippen molar-refractivity contribution in [3.63, 3.8) is 0 Å². The van der Waals surface area contributed by atoms with Gasteiger partial charge in [-0.05, 0) is 42.5 Å². The van der Waals surface area contributed by atoms with Crippen molar-refractivity contribution in [3.05, 3.63) is 39.9 Å². The molecule has 62 valence electrons. The van der Waals surface area contributed by atoms with Crippen LogP contribution < -0.4 is 0 Å². The molecular formula is C11H11Br. The highest BCUT2D eigenvalue weighted by atomic mass is 79.9. The lowest BCUT2D eigenvalue weighted by Crippen LogP contribution is -1.98. The van der Waals surface area contributed by atoms with E-state index < -0.39 is 0 Å². The van der Waals surface area contributed by atoms with Crippen LogP contribution in [0.4, 0.5) is 0 Å². The third kappa shape index (κ3) is 1.22. The molecule has 0 unspecified atom stereocenters. The molecule has 0 nitrogen and oxygen atoms in total. The van der Waals surface area contributed by atoms with Gasteiger partial charge in [-0.1, -0.05) is 34.1 Å². The van der Waals surface area contributed by atoms with Gasteiger partial charge in [-0.25, -0.2) is 0 Å². The molecule has 0 N–H and O–H groups in total. The normalized spacial score (nSPS) is 15.3. The molecule has 12 heavy (non-hydrogen) atoms. The van der Waals surface area contributed by atoms with Crippen LogP contribution >= 0.6 is 15.9 Å². The lowest BCUT2D eigenvalue weighted by molar-refractivity contribution is 0.968. The second-order valence-electron chi connectivity index (χ2n) is 3.19. The Kier molecular flexibility index (Phi) is 2.05. The topological polar surface area (TPSA) is 0 Å². The van der Waals surface area contributed by atoms with E-state index in [1.165, 1.54) is 34.0 Å². The molecule has 1 aromatic rings. The van der Waals surface area contributed by atoms with Crippen LogP contribution in [0, 0.1) is 0 Å². The van der Waals surface area contributed by atoms with Gasteiger partial charge in [0.25, 0.3) is 0 Å². The van der Waals surface area contributed by atoms with Crippen molar-refractivity contribution in [3.8, 4) is 0 Å². The molecule has 0 aromatic heterocycles. The fourth-order valence-corrected chi connectivity index (χ4v) is 2.29. The maximum atomic E-state index is 3.58. The van der Waals surface area contributed by atoms with Gasteiger partial charge in [0.15, 0.2) is 0 Å². The first-order chi connectivity index (χ1) is 5.79. The number of benzene rings is 1. The maximum absolute atomic E-state index is 3.58. The summed E-state index contributed by atoms with van der Waals surface area (Å²) in [5.41, 5.74) is 4.30. The van der Waals surface area contributed by atoms with Crippen molar-refractivity contribution in [1.29, 1.82) is 0 Å². The molecule has 1 aliphatic carbocycles. The van der Waals surface area contributed by atoms with Crippen LogP contribution in [0.25, 0.3) is 5.57 Å². The van der Waals surface area contributed by atoms with E-state index in [1.54, 1.807) is 0 Å². The summed E-state index contributed by atoms with van der Waals surface area (Å²) in [5.74, 6) is 0. The lowest BCUT2D eigenvalue weighted by atomic mass is 9.92. The standard InChI is InChI=1S/C11H11Br/c1-8-4-2-6-10-9(8)5-3-7-11(10)12/h3-5,7H,2,6H2,1H3. The second-order valence-corrected chi connectivity index (χ2v) is 4.05. The van der Waals surface area contributed by atoms with Gasteiger partial charge in [-0.15, -0.1) is 0 Å². The molecule has 0 saturated carbocycles. The molecule has 0 spiro atoms. The molecule has 0 aliphatic heterocycles. The SMILES string of the molecule is CC1=CCCc2c(Br)cccc21. The smallest absolute Gasteiger partial charge is 0.0213 e. The van der Waals surface area contributed by atoms with Crippen LogP contribution in [0.5, 0.6) is 0 Å². The van der Waals surface area contributed by atoms with Crippen LogP contribution in [0.15, 0.2) is 28.7 Å². The number of hydrogen-bond donors (Lipinski definition) is 0. The Bertz CT molecular complexity index is 337. The van der Waals surface area contributed by atoms with Crippen molar-refractivity contribution < 1.29 is 0 Å². The van der Waals surface area contributed by atoms with Crippen molar-refractivity contribution in [2.45, 2.75) is 19.8 Å². The Labute approximate surface area is 81.4 Å². The van der Waals surface area contributed by atoms with Gasteiger partial charge < -0.3 is 0 Å². The zero-order valence-electron chi connectivity index (χ0n) is 7.10. The Morgan fingerprint density at radius 2 is 2.17 bits per heavy atom. The number of halogens is 1. The molecular weight excluding hydrogens is 212 g/mol. The molecule has 0 bridgehead atoms. The van der Waals surface area contributed by atoms with E-state index in [9.17, 15) is 0 Å². The van der Waals surface area contributed by atoms with Crippen molar-refractivity contribution in [2.75, 3.05) is 0 Å². The third-order valence-corrected chi connectivity index (χ3v) is 3.13. The summed E-state index contributed by atoms with van der Waals surface area (Å²) in [6, 6.07) is 6.42. The van der Waals surface area contributed by atoms with Gasteiger partial charge in [0.1, 0.15) is 0 Å². The molecule has 0 saturated heterocycles. The molecule has 0 amide bonds. The van der Waals surface area contributed by atoms with Gasteiger partial charge in [-0.3, -0.25) is 0 Å². The van der Waals surface area contributed by atoms with Crippen LogP contribution in [0.3, 0.4) is 0 Å². The zero-order chi connectivity index (χ0) is 8.55. The molecule has 0 fully saturated rings. The van der Waals surface area contributed by atoms with E-state index in [1.807, 2.05) is 0 Å². The highest BCUT2D eigenvalue weighted by Gasteiger charge is 2.10. The predicted octanol–water partition coefficient (Wildman–Crippen LogP) is 3.80. The minimum absolute atomic E-state index is 1.17. The van der Waals surface area contributed by atoms with Gasteiger partial charge in [0.2, 0.25) is 0 Å². The first-order valence-corrected chi connectivity index (χ1v) is 5.03. The summed E-state index contributed by atoms with van der Waals surface area (Å²) < 4.78 is 1.26. The fraction of sp³-hybridized carbons (Fsp3) is 0.273. The Hall–Kier alpha value is -0.560. The molecule has 0 radical (unpaired) electrons. The fourth-order valence-electron chi connectivity index (χ4n) is 1.73. The van der Waals surface area contributed by atoms with Crippen molar-refractivity contribution in [2.24, 2.45) is 0 Å².